The molecule has 4 rings (SSSR count). The third-order valence-corrected chi connectivity index (χ3v) is 6.40. The van der Waals surface area contributed by atoms with Gasteiger partial charge in [-0.2, -0.15) is 0 Å². The van der Waals surface area contributed by atoms with Crippen LogP contribution < -0.4 is 15.0 Å². The van der Waals surface area contributed by atoms with E-state index in [0.717, 1.165) is 11.3 Å². The first-order valence-electron chi connectivity index (χ1n) is 11.1. The van der Waals surface area contributed by atoms with Crippen LogP contribution in [0.2, 0.25) is 10.0 Å². The van der Waals surface area contributed by atoms with Crippen LogP contribution >= 0.6 is 23.2 Å². The summed E-state index contributed by atoms with van der Waals surface area (Å²) in [6.45, 7) is 3.55. The van der Waals surface area contributed by atoms with E-state index >= 15 is 0 Å². The molecule has 1 N–H and O–H groups in total. The van der Waals surface area contributed by atoms with Crippen LogP contribution in [0.25, 0.3) is 0 Å². The number of hydrogen-bond acceptors (Lipinski definition) is 4. The Morgan fingerprint density at radius 2 is 1.74 bits per heavy atom. The van der Waals surface area contributed by atoms with E-state index in [1.807, 2.05) is 13.0 Å². The number of carbonyl (C=O) groups is 2. The third-order valence-electron chi connectivity index (χ3n) is 5.74. The molecule has 1 aliphatic rings. The highest BCUT2D eigenvalue weighted by atomic mass is 35.5. The molecular weight excluding hydrogens is 492 g/mol. The first-order valence-corrected chi connectivity index (χ1v) is 11.8. The van der Waals surface area contributed by atoms with Crippen LogP contribution in [0.5, 0.6) is 5.75 Å². The molecule has 1 aliphatic heterocycles. The second-order valence-electron chi connectivity index (χ2n) is 8.17. The summed E-state index contributed by atoms with van der Waals surface area (Å²) in [5.74, 6) is -0.654. The summed E-state index contributed by atoms with van der Waals surface area (Å²) in [7, 11) is 0. The van der Waals surface area contributed by atoms with E-state index in [0.29, 0.717) is 47.7 Å². The van der Waals surface area contributed by atoms with Crippen LogP contribution in [0, 0.1) is 12.7 Å². The molecule has 0 atom stereocenters. The Bertz CT molecular complexity index is 1250. The number of aryl methyl sites for hydroxylation is 1. The molecular formula is C26H24Cl2FN3O3. The lowest BCUT2D eigenvalue weighted by atomic mass is 10.1. The van der Waals surface area contributed by atoms with E-state index in [1.165, 1.54) is 12.1 Å². The number of benzene rings is 3. The number of piperazine rings is 1. The quantitative estimate of drug-likeness (QED) is 0.476. The zero-order valence-corrected chi connectivity index (χ0v) is 20.6. The number of nitrogens with one attached hydrogen (secondary N) is 1. The molecule has 182 valence electrons. The SMILES string of the molecule is Cc1cc(OCC(=O)Nc2cc(Cl)ccc2N2CCN(C(=O)c3ccccc3F)CC2)ccc1Cl. The summed E-state index contributed by atoms with van der Waals surface area (Å²) in [6.07, 6.45) is 0. The van der Waals surface area contributed by atoms with Crippen LogP contribution in [0.15, 0.2) is 60.7 Å². The summed E-state index contributed by atoms with van der Waals surface area (Å²) in [6, 6.07) is 16.4. The largest absolute Gasteiger partial charge is 0.484 e. The predicted octanol–water partition coefficient (Wildman–Crippen LogP) is 5.42. The van der Waals surface area contributed by atoms with Gasteiger partial charge in [-0.15, -0.1) is 0 Å². The van der Waals surface area contributed by atoms with Crippen molar-refractivity contribution >= 4 is 46.4 Å². The number of rotatable bonds is 6. The van der Waals surface area contributed by atoms with Gasteiger partial charge in [0.15, 0.2) is 6.61 Å². The number of nitrogens with zero attached hydrogens (tertiary/aromatic N) is 2. The Morgan fingerprint density at radius 1 is 1.00 bits per heavy atom. The molecule has 0 saturated carbocycles. The van der Waals surface area contributed by atoms with Crippen molar-refractivity contribution in [2.75, 3.05) is 43.0 Å². The number of carbonyl (C=O) groups excluding carboxylic acids is 2. The molecule has 0 aliphatic carbocycles. The van der Waals surface area contributed by atoms with Crippen molar-refractivity contribution in [1.29, 1.82) is 0 Å². The molecule has 35 heavy (non-hydrogen) atoms. The van der Waals surface area contributed by atoms with Gasteiger partial charge in [0.05, 0.1) is 16.9 Å². The van der Waals surface area contributed by atoms with Crippen LogP contribution in [-0.2, 0) is 4.79 Å². The first-order chi connectivity index (χ1) is 16.8. The van der Waals surface area contributed by atoms with Crippen molar-refractivity contribution in [3.63, 3.8) is 0 Å². The molecule has 9 heteroatoms. The lowest BCUT2D eigenvalue weighted by Gasteiger charge is -2.37. The summed E-state index contributed by atoms with van der Waals surface area (Å²) >= 11 is 12.2. The lowest BCUT2D eigenvalue weighted by molar-refractivity contribution is -0.118. The zero-order chi connectivity index (χ0) is 24.9. The van der Waals surface area contributed by atoms with Crippen LogP contribution in [0.1, 0.15) is 15.9 Å². The van der Waals surface area contributed by atoms with E-state index in [1.54, 1.807) is 47.4 Å². The van der Waals surface area contributed by atoms with Crippen LogP contribution in [-0.4, -0.2) is 49.5 Å². The summed E-state index contributed by atoms with van der Waals surface area (Å²) < 4.78 is 19.6. The molecule has 3 aromatic rings. The highest BCUT2D eigenvalue weighted by Crippen LogP contribution is 2.30. The minimum Gasteiger partial charge on any atom is -0.484 e. The fraction of sp³-hybridized carbons (Fsp3) is 0.231. The molecule has 1 fully saturated rings. The van der Waals surface area contributed by atoms with Crippen molar-refractivity contribution < 1.29 is 18.7 Å². The van der Waals surface area contributed by atoms with Gasteiger partial charge in [0, 0.05) is 36.2 Å². The third kappa shape index (κ3) is 6.05. The smallest absolute Gasteiger partial charge is 0.262 e. The summed E-state index contributed by atoms with van der Waals surface area (Å²) in [5.41, 5.74) is 2.25. The molecule has 0 unspecified atom stereocenters. The highest BCUT2D eigenvalue weighted by molar-refractivity contribution is 6.31. The molecule has 2 amide bonds. The molecule has 6 nitrogen and oxygen atoms in total. The number of anilines is 2. The molecule has 0 radical (unpaired) electrons. The molecule has 0 bridgehead atoms. The van der Waals surface area contributed by atoms with E-state index < -0.39 is 5.82 Å². The van der Waals surface area contributed by atoms with Crippen molar-refractivity contribution in [3.05, 3.63) is 87.7 Å². The summed E-state index contributed by atoms with van der Waals surface area (Å²) in [4.78, 5) is 29.0. The fourth-order valence-electron chi connectivity index (χ4n) is 3.88. The standard InChI is InChI=1S/C26H24Cl2FN3O3/c1-17-14-19(7-8-21(17)28)35-16-25(33)30-23-15-18(27)6-9-24(23)31-10-12-32(13-11-31)26(34)20-4-2-3-5-22(20)29/h2-9,14-15H,10-13,16H2,1H3,(H,30,33). The minimum atomic E-state index is -0.529. The minimum absolute atomic E-state index is 0.0660. The normalized spacial score (nSPS) is 13.5. The van der Waals surface area contributed by atoms with Gasteiger partial charge < -0.3 is 19.9 Å². The molecule has 0 spiro atoms. The topological polar surface area (TPSA) is 61.9 Å². The van der Waals surface area contributed by atoms with Gasteiger partial charge in [-0.05, 0) is 61.0 Å². The second kappa shape index (κ2) is 11.0. The van der Waals surface area contributed by atoms with Gasteiger partial charge in [-0.3, -0.25) is 9.59 Å². The van der Waals surface area contributed by atoms with Gasteiger partial charge in [-0.25, -0.2) is 4.39 Å². The number of hydrogen-bond donors (Lipinski definition) is 1. The Hall–Kier alpha value is -3.29. The Labute approximate surface area is 213 Å². The molecule has 1 heterocycles. The zero-order valence-electron chi connectivity index (χ0n) is 19.1. The van der Waals surface area contributed by atoms with Gasteiger partial charge in [0.25, 0.3) is 11.8 Å². The summed E-state index contributed by atoms with van der Waals surface area (Å²) in [5, 5.41) is 3.97. The van der Waals surface area contributed by atoms with Crippen molar-refractivity contribution in [1.82, 2.24) is 4.90 Å². The Balaban J connectivity index is 1.39. The average molecular weight is 516 g/mol. The number of amides is 2. The molecule has 1 saturated heterocycles. The van der Waals surface area contributed by atoms with E-state index in [4.69, 9.17) is 27.9 Å². The maximum Gasteiger partial charge on any atom is 0.262 e. The van der Waals surface area contributed by atoms with Gasteiger partial charge in [0.2, 0.25) is 0 Å². The van der Waals surface area contributed by atoms with Gasteiger partial charge in [0.1, 0.15) is 11.6 Å². The Morgan fingerprint density at radius 3 is 2.46 bits per heavy atom. The maximum atomic E-state index is 14.0. The lowest BCUT2D eigenvalue weighted by Crippen LogP contribution is -2.49. The van der Waals surface area contributed by atoms with Crippen molar-refractivity contribution in [2.45, 2.75) is 6.92 Å². The highest BCUT2D eigenvalue weighted by Gasteiger charge is 2.25. The van der Waals surface area contributed by atoms with Crippen LogP contribution in [0.3, 0.4) is 0 Å². The second-order valence-corrected chi connectivity index (χ2v) is 9.01. The molecule has 0 aromatic heterocycles. The number of halogens is 3. The van der Waals surface area contributed by atoms with E-state index in [-0.39, 0.29) is 24.0 Å². The van der Waals surface area contributed by atoms with Crippen LogP contribution in [0.4, 0.5) is 15.8 Å². The maximum absolute atomic E-state index is 14.0. The average Bonchev–Trinajstić information content (AvgIpc) is 2.85. The van der Waals surface area contributed by atoms with Crippen molar-refractivity contribution in [3.8, 4) is 5.75 Å². The first kappa shape index (κ1) is 24.8. The number of ether oxygens (including phenoxy) is 1. The van der Waals surface area contributed by atoms with E-state index in [9.17, 15) is 14.0 Å². The predicted molar refractivity (Wildman–Crippen MR) is 136 cm³/mol. The van der Waals surface area contributed by atoms with Gasteiger partial charge in [-0.1, -0.05) is 35.3 Å². The van der Waals surface area contributed by atoms with Gasteiger partial charge >= 0.3 is 0 Å². The van der Waals surface area contributed by atoms with E-state index in [2.05, 4.69) is 10.2 Å². The van der Waals surface area contributed by atoms with Crippen molar-refractivity contribution in [2.24, 2.45) is 0 Å². The molecule has 3 aromatic carbocycles. The Kier molecular flexibility index (Phi) is 7.78. The fourth-order valence-corrected chi connectivity index (χ4v) is 4.17. The monoisotopic (exact) mass is 515 g/mol.